The van der Waals surface area contributed by atoms with E-state index >= 15 is 0 Å². The van der Waals surface area contributed by atoms with Crippen LogP contribution in [0.25, 0.3) is 11.1 Å². The lowest BCUT2D eigenvalue weighted by Crippen LogP contribution is -2.46. The summed E-state index contributed by atoms with van der Waals surface area (Å²) in [7, 11) is 1.53. The molecule has 1 heterocycles. The van der Waals surface area contributed by atoms with Crippen LogP contribution in [0.5, 0.6) is 5.75 Å². The van der Waals surface area contributed by atoms with Crippen LogP contribution in [0.4, 0.5) is 13.2 Å². The lowest BCUT2D eigenvalue weighted by molar-refractivity contribution is -0.150. The van der Waals surface area contributed by atoms with E-state index < -0.39 is 11.7 Å². The Balaban J connectivity index is 1.87. The first-order valence-corrected chi connectivity index (χ1v) is 9.40. The number of carbonyl (C=O) groups is 2. The van der Waals surface area contributed by atoms with Crippen LogP contribution in [0, 0.1) is 0 Å². The third-order valence-electron chi connectivity index (χ3n) is 5.10. The van der Waals surface area contributed by atoms with Crippen LogP contribution in [0.15, 0.2) is 42.5 Å². The molecular weight excluding hydrogens is 383 g/mol. The normalized spacial score (nSPS) is 16.1. The standard InChI is InChI=1S/C22H22F3NO3/c1-14(26-20(27)4-3-5-21(26)28)12-17-13-16(8-11-19(17)29-2)15-6-9-18(10-7-15)22(23,24)25/h6-11,13-14H,3-5,12H2,1-2H3. The van der Waals surface area contributed by atoms with E-state index in [1.807, 2.05) is 13.0 Å². The number of nitrogens with zero attached hydrogens (tertiary/aromatic N) is 1. The summed E-state index contributed by atoms with van der Waals surface area (Å²) in [6, 6.07) is 9.95. The second-order valence-corrected chi connectivity index (χ2v) is 7.17. The van der Waals surface area contributed by atoms with Gasteiger partial charge in [-0.15, -0.1) is 0 Å². The second kappa shape index (κ2) is 8.27. The fourth-order valence-corrected chi connectivity index (χ4v) is 3.64. The van der Waals surface area contributed by atoms with E-state index in [0.29, 0.717) is 37.0 Å². The van der Waals surface area contributed by atoms with Crippen LogP contribution in [0.3, 0.4) is 0 Å². The minimum atomic E-state index is -4.38. The molecule has 0 bridgehead atoms. The molecule has 1 atom stereocenters. The Bertz CT molecular complexity index is 891. The highest BCUT2D eigenvalue weighted by Crippen LogP contribution is 2.33. The molecule has 0 aromatic heterocycles. The monoisotopic (exact) mass is 405 g/mol. The largest absolute Gasteiger partial charge is 0.496 e. The first-order valence-electron chi connectivity index (χ1n) is 9.40. The van der Waals surface area contributed by atoms with E-state index in [2.05, 4.69) is 0 Å². The van der Waals surface area contributed by atoms with Gasteiger partial charge in [-0.05, 0) is 60.7 Å². The number of benzene rings is 2. The number of imide groups is 1. The number of halogens is 3. The molecule has 1 aliphatic rings. The van der Waals surface area contributed by atoms with E-state index in [-0.39, 0.29) is 17.9 Å². The predicted molar refractivity (Wildman–Crippen MR) is 102 cm³/mol. The number of likely N-dealkylation sites (tertiary alicyclic amines) is 1. The summed E-state index contributed by atoms with van der Waals surface area (Å²) in [5.74, 6) is 0.252. The highest BCUT2D eigenvalue weighted by molar-refractivity contribution is 5.97. The average molecular weight is 405 g/mol. The smallest absolute Gasteiger partial charge is 0.416 e. The summed E-state index contributed by atoms with van der Waals surface area (Å²) in [4.78, 5) is 25.7. The van der Waals surface area contributed by atoms with Gasteiger partial charge in [-0.25, -0.2) is 0 Å². The van der Waals surface area contributed by atoms with Gasteiger partial charge in [0.25, 0.3) is 0 Å². The molecule has 0 aliphatic carbocycles. The highest BCUT2D eigenvalue weighted by atomic mass is 19.4. The van der Waals surface area contributed by atoms with Gasteiger partial charge in [-0.3, -0.25) is 14.5 Å². The van der Waals surface area contributed by atoms with Crippen LogP contribution >= 0.6 is 0 Å². The van der Waals surface area contributed by atoms with Crippen molar-refractivity contribution in [1.82, 2.24) is 4.90 Å². The third-order valence-corrected chi connectivity index (χ3v) is 5.10. The summed E-state index contributed by atoms with van der Waals surface area (Å²) >= 11 is 0. The van der Waals surface area contributed by atoms with Crippen LogP contribution in [-0.2, 0) is 22.2 Å². The summed E-state index contributed by atoms with van der Waals surface area (Å²) < 4.78 is 43.8. The number of ether oxygens (including phenoxy) is 1. The Labute approximate surface area is 167 Å². The lowest BCUT2D eigenvalue weighted by Gasteiger charge is -2.31. The summed E-state index contributed by atoms with van der Waals surface area (Å²) in [5.41, 5.74) is 1.45. The van der Waals surface area contributed by atoms with Gasteiger partial charge in [0.05, 0.1) is 12.7 Å². The van der Waals surface area contributed by atoms with Crippen LogP contribution in [0.2, 0.25) is 0 Å². The van der Waals surface area contributed by atoms with Crippen molar-refractivity contribution in [2.24, 2.45) is 0 Å². The Morgan fingerprint density at radius 1 is 1.00 bits per heavy atom. The zero-order valence-corrected chi connectivity index (χ0v) is 16.3. The molecule has 1 fully saturated rings. The maximum Gasteiger partial charge on any atom is 0.416 e. The van der Waals surface area contributed by atoms with Gasteiger partial charge in [-0.1, -0.05) is 18.2 Å². The highest BCUT2D eigenvalue weighted by Gasteiger charge is 2.31. The molecule has 2 aromatic carbocycles. The van der Waals surface area contributed by atoms with Crippen molar-refractivity contribution in [2.75, 3.05) is 7.11 Å². The Kier molecular flexibility index (Phi) is 5.96. The molecule has 0 radical (unpaired) electrons. The minimum Gasteiger partial charge on any atom is -0.496 e. The molecule has 2 aromatic rings. The second-order valence-electron chi connectivity index (χ2n) is 7.17. The molecule has 1 unspecified atom stereocenters. The maximum absolute atomic E-state index is 12.8. The van der Waals surface area contributed by atoms with E-state index in [0.717, 1.165) is 23.3 Å². The maximum atomic E-state index is 12.8. The number of amides is 2. The summed E-state index contributed by atoms with van der Waals surface area (Å²) in [5, 5.41) is 0. The number of rotatable bonds is 5. The molecule has 0 N–H and O–H groups in total. The van der Waals surface area contributed by atoms with Crippen molar-refractivity contribution in [3.8, 4) is 16.9 Å². The molecule has 0 saturated carbocycles. The number of alkyl halides is 3. The van der Waals surface area contributed by atoms with Crippen LogP contribution in [-0.4, -0.2) is 29.9 Å². The molecule has 3 rings (SSSR count). The van der Waals surface area contributed by atoms with Gasteiger partial charge in [-0.2, -0.15) is 13.2 Å². The number of piperidine rings is 1. The minimum absolute atomic E-state index is 0.174. The van der Waals surface area contributed by atoms with Crippen LogP contribution in [0.1, 0.15) is 37.3 Å². The van der Waals surface area contributed by atoms with Crippen LogP contribution < -0.4 is 4.74 Å². The van der Waals surface area contributed by atoms with Gasteiger partial charge in [0.15, 0.2) is 0 Å². The van der Waals surface area contributed by atoms with E-state index in [4.69, 9.17) is 4.74 Å². The van der Waals surface area contributed by atoms with Gasteiger partial charge in [0, 0.05) is 18.9 Å². The molecule has 7 heteroatoms. The zero-order chi connectivity index (χ0) is 21.2. The Hall–Kier alpha value is -2.83. The number of methoxy groups -OCH3 is 1. The Morgan fingerprint density at radius 2 is 1.59 bits per heavy atom. The van der Waals surface area contributed by atoms with E-state index in [1.54, 1.807) is 12.1 Å². The molecular formula is C22H22F3NO3. The average Bonchev–Trinajstić information content (AvgIpc) is 2.67. The predicted octanol–water partition coefficient (Wildman–Crippen LogP) is 4.85. The first-order chi connectivity index (χ1) is 13.7. The SMILES string of the molecule is COc1ccc(-c2ccc(C(F)(F)F)cc2)cc1CC(C)N1C(=O)CCCC1=O. The van der Waals surface area contributed by atoms with E-state index in [1.165, 1.54) is 24.1 Å². The topological polar surface area (TPSA) is 46.6 Å². The van der Waals surface area contributed by atoms with Gasteiger partial charge < -0.3 is 4.74 Å². The lowest BCUT2D eigenvalue weighted by atomic mass is 9.96. The van der Waals surface area contributed by atoms with Crippen molar-refractivity contribution < 1.29 is 27.5 Å². The quantitative estimate of drug-likeness (QED) is 0.668. The van der Waals surface area contributed by atoms with Gasteiger partial charge in [0.1, 0.15) is 5.75 Å². The van der Waals surface area contributed by atoms with Crippen molar-refractivity contribution in [3.63, 3.8) is 0 Å². The summed E-state index contributed by atoms with van der Waals surface area (Å²) in [6.07, 6.45) is -2.69. The molecule has 29 heavy (non-hydrogen) atoms. The number of carbonyl (C=O) groups excluding carboxylic acids is 2. The molecule has 4 nitrogen and oxygen atoms in total. The first kappa shape index (κ1) is 20.9. The Morgan fingerprint density at radius 3 is 2.14 bits per heavy atom. The zero-order valence-electron chi connectivity index (χ0n) is 16.3. The molecule has 1 aliphatic heterocycles. The fourth-order valence-electron chi connectivity index (χ4n) is 3.64. The van der Waals surface area contributed by atoms with Gasteiger partial charge in [0.2, 0.25) is 11.8 Å². The molecule has 2 amide bonds. The van der Waals surface area contributed by atoms with Crippen molar-refractivity contribution in [3.05, 3.63) is 53.6 Å². The molecule has 0 spiro atoms. The van der Waals surface area contributed by atoms with Crippen molar-refractivity contribution in [2.45, 2.75) is 44.8 Å². The van der Waals surface area contributed by atoms with E-state index in [9.17, 15) is 22.8 Å². The third kappa shape index (κ3) is 4.60. The van der Waals surface area contributed by atoms with Crippen molar-refractivity contribution >= 4 is 11.8 Å². The molecule has 1 saturated heterocycles. The van der Waals surface area contributed by atoms with Gasteiger partial charge >= 0.3 is 6.18 Å². The fraction of sp³-hybridized carbons (Fsp3) is 0.364. The number of hydrogen-bond acceptors (Lipinski definition) is 3. The summed E-state index contributed by atoms with van der Waals surface area (Å²) in [6.45, 7) is 1.81. The molecule has 154 valence electrons. The van der Waals surface area contributed by atoms with Crippen molar-refractivity contribution in [1.29, 1.82) is 0 Å². The number of hydrogen-bond donors (Lipinski definition) is 0.